The van der Waals surface area contributed by atoms with E-state index in [9.17, 15) is 30.0 Å². The number of aliphatic hydroxyl groups is 3. The number of benzene rings is 1. The van der Waals surface area contributed by atoms with E-state index in [1.165, 1.54) is 6.07 Å². The van der Waals surface area contributed by atoms with Gasteiger partial charge in [0.1, 0.15) is 12.4 Å². The highest BCUT2D eigenvalue weighted by Gasteiger charge is 2.71. The third-order valence-corrected chi connectivity index (χ3v) is 12.0. The summed E-state index contributed by atoms with van der Waals surface area (Å²) in [6.07, 6.45) is 7.74. The van der Waals surface area contributed by atoms with E-state index >= 15 is 0 Å². The van der Waals surface area contributed by atoms with Gasteiger partial charge in [-0.3, -0.25) is 4.79 Å². The summed E-state index contributed by atoms with van der Waals surface area (Å²) in [7, 11) is 0. The van der Waals surface area contributed by atoms with Gasteiger partial charge in [0.05, 0.1) is 22.9 Å². The van der Waals surface area contributed by atoms with E-state index in [1.54, 1.807) is 24.4 Å². The van der Waals surface area contributed by atoms with Gasteiger partial charge < -0.3 is 25.2 Å². The van der Waals surface area contributed by atoms with Crippen LogP contribution in [0.4, 0.5) is 0 Å². The Balaban J connectivity index is 1.32. The Bertz CT molecular complexity index is 1300. The number of phenols is 1. The molecule has 1 amide bonds. The topological polar surface area (TPSA) is 149 Å². The van der Waals surface area contributed by atoms with Crippen LogP contribution in [-0.4, -0.2) is 62.4 Å². The molecule has 0 saturated heterocycles. The van der Waals surface area contributed by atoms with Crippen LogP contribution in [0.5, 0.6) is 5.75 Å². The highest BCUT2D eigenvalue weighted by molar-refractivity contribution is 14.1. The molecule has 0 spiro atoms. The van der Waals surface area contributed by atoms with E-state index < -0.39 is 34.0 Å². The Morgan fingerprint density at radius 2 is 1.90 bits per heavy atom. The van der Waals surface area contributed by atoms with Crippen molar-refractivity contribution in [3.63, 3.8) is 0 Å². The number of hydrogen-bond donors (Lipinski definition) is 5. The lowest BCUT2D eigenvalue weighted by molar-refractivity contribution is -0.237. The number of rotatable bonds is 4. The molecule has 0 bridgehead atoms. The zero-order valence-electron chi connectivity index (χ0n) is 22.6. The molecule has 1 aromatic rings. The van der Waals surface area contributed by atoms with Crippen molar-refractivity contribution in [2.75, 3.05) is 6.61 Å². The number of aliphatic hydroxyl groups excluding tert-OH is 1. The Hall–Kier alpha value is -2.02. The first-order valence-electron chi connectivity index (χ1n) is 14.3. The lowest BCUT2D eigenvalue weighted by atomic mass is 9.41. The van der Waals surface area contributed by atoms with Crippen molar-refractivity contribution in [1.29, 1.82) is 0 Å². The van der Waals surface area contributed by atoms with Crippen LogP contribution < -0.4 is 5.43 Å². The first kappa shape index (κ1) is 28.1. The standard InChI is InChI=1S/C30H37IN2O7/c1-27-8-5-22-23(30(27,39)11-7-21(27)17-12-25(36)40-15-17)6-10-29(38)14-19(34)4-9-28(22,29)16-32-33-26(37)20-13-18(31)2-3-24(20)35/h2-3,12-13,16,19,21-23,34-35,38-39H,4-11,14-15H2,1H3,(H,33,37)/b32-16-/t19-,21+,22+,23-,27-,28+,29+,30-/m1/s1. The number of aromatic hydroxyl groups is 1. The minimum atomic E-state index is -1.22. The number of hydrogen-bond acceptors (Lipinski definition) is 8. The average Bonchev–Trinajstić information content (AvgIpc) is 3.45. The Morgan fingerprint density at radius 1 is 1.12 bits per heavy atom. The molecule has 1 heterocycles. The summed E-state index contributed by atoms with van der Waals surface area (Å²) in [5.74, 6) is -1.16. The Kier molecular flexibility index (Phi) is 6.87. The summed E-state index contributed by atoms with van der Waals surface area (Å²) in [5.41, 5.74) is 0.165. The molecular formula is C30H37IN2O7. The molecule has 40 heavy (non-hydrogen) atoms. The number of nitrogens with one attached hydrogen (secondary N) is 1. The fourth-order valence-electron chi connectivity index (χ4n) is 9.32. The number of hydrazone groups is 1. The second-order valence-corrected chi connectivity index (χ2v) is 14.1. The summed E-state index contributed by atoms with van der Waals surface area (Å²) in [6, 6.07) is 4.74. The van der Waals surface area contributed by atoms with Crippen molar-refractivity contribution in [3.8, 4) is 5.75 Å². The molecule has 5 N–H and O–H groups in total. The van der Waals surface area contributed by atoms with E-state index in [0.29, 0.717) is 32.1 Å². The second kappa shape index (κ2) is 9.78. The Morgan fingerprint density at radius 3 is 2.65 bits per heavy atom. The van der Waals surface area contributed by atoms with Gasteiger partial charge in [0.2, 0.25) is 0 Å². The maximum Gasteiger partial charge on any atom is 0.331 e. The molecule has 1 aromatic carbocycles. The molecule has 5 aliphatic rings. The number of halogens is 1. The maximum absolute atomic E-state index is 12.9. The van der Waals surface area contributed by atoms with E-state index in [4.69, 9.17) is 4.74 Å². The number of phenolic OH excluding ortho intramolecular Hbond substituents is 1. The van der Waals surface area contributed by atoms with Crippen LogP contribution in [0, 0.1) is 32.2 Å². The molecule has 10 heteroatoms. The predicted molar refractivity (Wildman–Crippen MR) is 154 cm³/mol. The van der Waals surface area contributed by atoms with E-state index in [2.05, 4.69) is 40.0 Å². The molecule has 6 rings (SSSR count). The zero-order valence-corrected chi connectivity index (χ0v) is 24.8. The molecule has 4 aliphatic carbocycles. The van der Waals surface area contributed by atoms with Crippen molar-refractivity contribution in [3.05, 3.63) is 39.0 Å². The van der Waals surface area contributed by atoms with Crippen LogP contribution >= 0.6 is 22.6 Å². The molecule has 1 aliphatic heterocycles. The van der Waals surface area contributed by atoms with Crippen LogP contribution in [-0.2, 0) is 9.53 Å². The maximum atomic E-state index is 12.9. The molecule has 4 saturated carbocycles. The highest BCUT2D eigenvalue weighted by Crippen LogP contribution is 2.70. The molecule has 8 atom stereocenters. The molecule has 9 nitrogen and oxygen atoms in total. The van der Waals surface area contributed by atoms with Crippen molar-refractivity contribution in [1.82, 2.24) is 5.43 Å². The van der Waals surface area contributed by atoms with Crippen LogP contribution in [0.2, 0.25) is 0 Å². The smallest absolute Gasteiger partial charge is 0.331 e. The lowest BCUT2D eigenvalue weighted by Gasteiger charge is -2.65. The quantitative estimate of drug-likeness (QED) is 0.143. The number of amides is 1. The van der Waals surface area contributed by atoms with Gasteiger partial charge in [-0.05, 0) is 115 Å². The van der Waals surface area contributed by atoms with Gasteiger partial charge in [0, 0.05) is 33.1 Å². The summed E-state index contributed by atoms with van der Waals surface area (Å²) in [6.45, 7) is 2.43. The van der Waals surface area contributed by atoms with Crippen molar-refractivity contribution >= 4 is 40.7 Å². The monoisotopic (exact) mass is 664 g/mol. The molecule has 0 radical (unpaired) electrons. The van der Waals surface area contributed by atoms with Crippen molar-refractivity contribution in [2.24, 2.45) is 33.7 Å². The van der Waals surface area contributed by atoms with E-state index in [-0.39, 0.29) is 48.1 Å². The molecular weight excluding hydrogens is 627 g/mol. The number of carbonyl (C=O) groups excluding carboxylic acids is 2. The molecule has 216 valence electrons. The highest BCUT2D eigenvalue weighted by atomic mass is 127. The minimum Gasteiger partial charge on any atom is -0.507 e. The van der Waals surface area contributed by atoms with Gasteiger partial charge in [0.25, 0.3) is 5.91 Å². The number of fused-ring (bicyclic) bond motifs is 5. The number of esters is 1. The fourth-order valence-corrected chi connectivity index (χ4v) is 9.81. The molecule has 4 fully saturated rings. The normalized spacial score (nSPS) is 42.5. The van der Waals surface area contributed by atoms with Crippen LogP contribution in [0.15, 0.2) is 34.9 Å². The number of cyclic esters (lactones) is 1. The fraction of sp³-hybridized carbons (Fsp3) is 0.633. The first-order chi connectivity index (χ1) is 18.9. The van der Waals surface area contributed by atoms with E-state index in [1.807, 2.05) is 0 Å². The summed E-state index contributed by atoms with van der Waals surface area (Å²) in [4.78, 5) is 24.7. The molecule has 0 aromatic heterocycles. The number of carbonyl (C=O) groups is 2. The number of ether oxygens (including phenoxy) is 1. The number of nitrogens with zero attached hydrogens (tertiary/aromatic N) is 1. The van der Waals surface area contributed by atoms with Gasteiger partial charge in [-0.15, -0.1) is 0 Å². The van der Waals surface area contributed by atoms with Crippen LogP contribution in [0.1, 0.15) is 75.1 Å². The zero-order chi connectivity index (χ0) is 28.5. The van der Waals surface area contributed by atoms with E-state index in [0.717, 1.165) is 28.4 Å². The van der Waals surface area contributed by atoms with Gasteiger partial charge in [-0.25, -0.2) is 10.2 Å². The predicted octanol–water partition coefficient (Wildman–Crippen LogP) is 3.43. The second-order valence-electron chi connectivity index (χ2n) is 12.9. The molecule has 0 unspecified atom stereocenters. The van der Waals surface area contributed by atoms with Gasteiger partial charge >= 0.3 is 5.97 Å². The lowest BCUT2D eigenvalue weighted by Crippen LogP contribution is -2.68. The minimum absolute atomic E-state index is 0.0594. The van der Waals surface area contributed by atoms with Gasteiger partial charge in [0.15, 0.2) is 0 Å². The largest absolute Gasteiger partial charge is 0.507 e. The Labute approximate surface area is 247 Å². The van der Waals surface area contributed by atoms with Gasteiger partial charge in [-0.1, -0.05) is 6.92 Å². The van der Waals surface area contributed by atoms with Gasteiger partial charge in [-0.2, -0.15) is 5.10 Å². The van der Waals surface area contributed by atoms with Crippen LogP contribution in [0.3, 0.4) is 0 Å². The SMILES string of the molecule is C[C@]12CC[C@H]3[C@@H](CC[C@]4(O)C[C@H](O)CC[C@]34/C=N\NC(=O)c3cc(I)ccc3O)[C@]1(O)CC[C@H]2C1=CC(=O)OC1. The first-order valence-corrected chi connectivity index (χ1v) is 15.3. The third kappa shape index (κ3) is 4.07. The van der Waals surface area contributed by atoms with Crippen molar-refractivity contribution in [2.45, 2.75) is 82.0 Å². The summed E-state index contributed by atoms with van der Waals surface area (Å²) in [5, 5.41) is 49.7. The third-order valence-electron chi connectivity index (χ3n) is 11.3. The average molecular weight is 665 g/mol. The summed E-state index contributed by atoms with van der Waals surface area (Å²) < 4.78 is 6.02. The van der Waals surface area contributed by atoms with Crippen molar-refractivity contribution < 1.29 is 34.8 Å². The van der Waals surface area contributed by atoms with Crippen LogP contribution in [0.25, 0.3) is 0 Å². The summed E-state index contributed by atoms with van der Waals surface area (Å²) >= 11 is 2.07.